The first-order valence-electron chi connectivity index (χ1n) is 11.2. The number of carbonyl (C=O) groups excluding carboxylic acids is 1. The zero-order valence-corrected chi connectivity index (χ0v) is 20.6. The van der Waals surface area contributed by atoms with Crippen molar-refractivity contribution in [3.05, 3.63) is 120 Å². The molecule has 10 heteroatoms. The third-order valence-electron chi connectivity index (χ3n) is 5.76. The molecule has 0 unspecified atom stereocenters. The number of hydrogen-bond donors (Lipinski definition) is 0. The zero-order valence-electron chi connectivity index (χ0n) is 19.7. The first-order valence-corrected chi connectivity index (χ1v) is 12.0. The van der Waals surface area contributed by atoms with Gasteiger partial charge in [-0.05, 0) is 36.8 Å². The van der Waals surface area contributed by atoms with Gasteiger partial charge in [0.05, 0.1) is 29.0 Å². The number of allylic oxidation sites excluding steroid dienone is 1. The van der Waals surface area contributed by atoms with Gasteiger partial charge >= 0.3 is 5.97 Å². The van der Waals surface area contributed by atoms with E-state index in [2.05, 4.69) is 4.99 Å². The Kier molecular flexibility index (Phi) is 6.58. The number of benzene rings is 2. The number of halogens is 2. The zero-order chi connectivity index (χ0) is 26.1. The first kappa shape index (κ1) is 24.4. The molecule has 0 radical (unpaired) electrons. The molecule has 0 saturated carbocycles. The van der Waals surface area contributed by atoms with Crippen molar-refractivity contribution in [1.82, 2.24) is 4.57 Å². The van der Waals surface area contributed by atoms with Crippen LogP contribution < -0.4 is 19.6 Å². The van der Waals surface area contributed by atoms with E-state index >= 15 is 0 Å². The van der Waals surface area contributed by atoms with E-state index in [9.17, 15) is 18.4 Å². The number of methoxy groups -OCH3 is 1. The van der Waals surface area contributed by atoms with Crippen LogP contribution in [-0.4, -0.2) is 17.6 Å². The van der Waals surface area contributed by atoms with E-state index in [0.717, 1.165) is 17.7 Å². The van der Waals surface area contributed by atoms with Crippen LogP contribution in [0, 0.1) is 11.6 Å². The summed E-state index contributed by atoms with van der Waals surface area (Å²) in [5.74, 6) is -1.42. The lowest BCUT2D eigenvalue weighted by atomic mass is 9.96. The molecule has 37 heavy (non-hydrogen) atoms. The molecule has 3 heterocycles. The van der Waals surface area contributed by atoms with E-state index in [4.69, 9.17) is 13.9 Å². The van der Waals surface area contributed by atoms with Crippen molar-refractivity contribution >= 4 is 23.4 Å². The van der Waals surface area contributed by atoms with Gasteiger partial charge in [0, 0.05) is 12.1 Å². The van der Waals surface area contributed by atoms with Gasteiger partial charge in [0.2, 0.25) is 0 Å². The van der Waals surface area contributed by atoms with E-state index < -0.39 is 23.6 Å². The van der Waals surface area contributed by atoms with Crippen LogP contribution in [0.3, 0.4) is 0 Å². The molecule has 1 aliphatic heterocycles. The van der Waals surface area contributed by atoms with Crippen molar-refractivity contribution in [2.45, 2.75) is 19.6 Å². The highest BCUT2D eigenvalue weighted by atomic mass is 32.1. The molecule has 0 fully saturated rings. The highest BCUT2D eigenvalue weighted by Gasteiger charge is 2.32. The van der Waals surface area contributed by atoms with Crippen LogP contribution in [0.2, 0.25) is 0 Å². The Morgan fingerprint density at radius 2 is 1.95 bits per heavy atom. The molecule has 188 valence electrons. The maximum atomic E-state index is 13.8. The molecule has 1 aliphatic rings. The minimum Gasteiger partial charge on any atom is -0.483 e. The number of furan rings is 1. The van der Waals surface area contributed by atoms with Gasteiger partial charge in [-0.3, -0.25) is 9.36 Å². The number of esters is 1. The van der Waals surface area contributed by atoms with Gasteiger partial charge in [-0.1, -0.05) is 41.7 Å². The number of carbonyl (C=O) groups is 1. The summed E-state index contributed by atoms with van der Waals surface area (Å²) in [5, 5.41) is 0. The Morgan fingerprint density at radius 3 is 2.68 bits per heavy atom. The van der Waals surface area contributed by atoms with Crippen molar-refractivity contribution in [1.29, 1.82) is 0 Å². The molecule has 2 aromatic carbocycles. The number of aromatic nitrogens is 1. The second kappa shape index (κ2) is 9.98. The van der Waals surface area contributed by atoms with Gasteiger partial charge in [-0.15, -0.1) is 0 Å². The normalized spacial score (nSPS) is 15.4. The Labute approximate surface area is 213 Å². The molecule has 0 saturated heterocycles. The third-order valence-corrected chi connectivity index (χ3v) is 6.74. The van der Waals surface area contributed by atoms with Gasteiger partial charge in [0.25, 0.3) is 5.56 Å². The van der Waals surface area contributed by atoms with Crippen molar-refractivity contribution in [3.8, 4) is 5.75 Å². The SMILES string of the molecule is COC(=O)C1=C(C)N=c2sc(=Cc3ccc(COc4ccc(F)cc4F)o3)c(=O)n2[C@H]1c1ccccc1. The maximum absolute atomic E-state index is 13.8. The second-order valence-corrected chi connectivity index (χ2v) is 9.16. The molecule has 4 aromatic rings. The summed E-state index contributed by atoms with van der Waals surface area (Å²) in [6.45, 7) is 1.62. The lowest BCUT2D eigenvalue weighted by Gasteiger charge is -2.24. The summed E-state index contributed by atoms with van der Waals surface area (Å²) < 4.78 is 44.8. The summed E-state index contributed by atoms with van der Waals surface area (Å²) in [6, 6.07) is 14.8. The first-order chi connectivity index (χ1) is 17.9. The molecular weight excluding hydrogens is 502 g/mol. The molecule has 1 atom stereocenters. The molecule has 0 bridgehead atoms. The molecule has 5 rings (SSSR count). The smallest absolute Gasteiger partial charge is 0.338 e. The molecule has 0 aliphatic carbocycles. The van der Waals surface area contributed by atoms with E-state index in [1.54, 1.807) is 25.1 Å². The Bertz CT molecular complexity index is 1700. The summed E-state index contributed by atoms with van der Waals surface area (Å²) in [5.41, 5.74) is 1.17. The Hall–Kier alpha value is -4.31. The van der Waals surface area contributed by atoms with Crippen molar-refractivity contribution in [2.24, 2.45) is 4.99 Å². The average molecular weight is 523 g/mol. The topological polar surface area (TPSA) is 83.0 Å². The number of nitrogens with zero attached hydrogens (tertiary/aromatic N) is 2. The van der Waals surface area contributed by atoms with E-state index in [1.807, 2.05) is 30.3 Å². The predicted octanol–water partition coefficient (Wildman–Crippen LogP) is 3.86. The lowest BCUT2D eigenvalue weighted by Crippen LogP contribution is -2.39. The van der Waals surface area contributed by atoms with E-state index in [1.165, 1.54) is 29.1 Å². The van der Waals surface area contributed by atoms with E-state index in [-0.39, 0.29) is 23.5 Å². The summed E-state index contributed by atoms with van der Waals surface area (Å²) in [7, 11) is 1.29. The third kappa shape index (κ3) is 4.75. The minimum atomic E-state index is -0.817. The summed E-state index contributed by atoms with van der Waals surface area (Å²) in [4.78, 5) is 31.1. The summed E-state index contributed by atoms with van der Waals surface area (Å²) in [6.07, 6.45) is 1.57. The van der Waals surface area contributed by atoms with Gasteiger partial charge < -0.3 is 13.9 Å². The average Bonchev–Trinajstić information content (AvgIpc) is 3.46. The molecule has 7 nitrogen and oxygen atoms in total. The van der Waals surface area contributed by atoms with Crippen LogP contribution in [0.5, 0.6) is 5.75 Å². The van der Waals surface area contributed by atoms with E-state index in [0.29, 0.717) is 26.6 Å². The van der Waals surface area contributed by atoms with Crippen molar-refractivity contribution in [2.75, 3.05) is 7.11 Å². The van der Waals surface area contributed by atoms with Crippen LogP contribution in [-0.2, 0) is 16.1 Å². The van der Waals surface area contributed by atoms with Gasteiger partial charge in [0.1, 0.15) is 23.9 Å². The monoisotopic (exact) mass is 522 g/mol. The number of fused-ring (bicyclic) bond motifs is 1. The second-order valence-electron chi connectivity index (χ2n) is 8.15. The van der Waals surface area contributed by atoms with Crippen molar-refractivity contribution < 1.29 is 27.5 Å². The Morgan fingerprint density at radius 1 is 1.16 bits per heavy atom. The molecule has 2 aromatic heterocycles. The van der Waals surface area contributed by atoms with Crippen molar-refractivity contribution in [3.63, 3.8) is 0 Å². The highest BCUT2D eigenvalue weighted by Crippen LogP contribution is 2.30. The molecule has 0 spiro atoms. The predicted molar refractivity (Wildman–Crippen MR) is 132 cm³/mol. The van der Waals surface area contributed by atoms with Crippen LogP contribution >= 0.6 is 11.3 Å². The molecule has 0 N–H and O–H groups in total. The molecule has 0 amide bonds. The highest BCUT2D eigenvalue weighted by molar-refractivity contribution is 7.07. The van der Waals surface area contributed by atoms with Gasteiger partial charge in [0.15, 0.2) is 16.4 Å². The fourth-order valence-corrected chi connectivity index (χ4v) is 5.09. The van der Waals surface area contributed by atoms with Crippen LogP contribution in [0.4, 0.5) is 8.78 Å². The molecular formula is C27H20F2N2O5S. The summed E-state index contributed by atoms with van der Waals surface area (Å²) >= 11 is 1.17. The number of ether oxygens (including phenoxy) is 2. The van der Waals surface area contributed by atoms with Crippen LogP contribution in [0.25, 0.3) is 6.08 Å². The van der Waals surface area contributed by atoms with Gasteiger partial charge in [-0.25, -0.2) is 18.6 Å². The quantitative estimate of drug-likeness (QED) is 0.359. The standard InChI is InChI=1S/C27H20F2N2O5S/c1-15-23(26(33)34-2)24(16-6-4-3-5-7-16)31-25(32)22(37-27(31)30-15)13-18-9-10-19(36-18)14-35-21-11-8-17(28)12-20(21)29/h3-13,24H,14H2,1-2H3/t24-/m0/s1. The maximum Gasteiger partial charge on any atom is 0.338 e. The fourth-order valence-electron chi connectivity index (χ4n) is 4.06. The largest absolute Gasteiger partial charge is 0.483 e. The minimum absolute atomic E-state index is 0.0899. The van der Waals surface area contributed by atoms with Crippen LogP contribution in [0.1, 0.15) is 30.0 Å². The van der Waals surface area contributed by atoms with Crippen LogP contribution in [0.15, 0.2) is 86.1 Å². The number of hydrogen-bond acceptors (Lipinski definition) is 7. The number of thiazole rings is 1. The fraction of sp³-hybridized carbons (Fsp3) is 0.148. The number of rotatable bonds is 6. The van der Waals surface area contributed by atoms with Gasteiger partial charge in [-0.2, -0.15) is 0 Å². The Balaban J connectivity index is 1.49. The lowest BCUT2D eigenvalue weighted by molar-refractivity contribution is -0.136.